The molecule has 3 amide bonds. The molecule has 0 radical (unpaired) electrons. The molecule has 8 nitrogen and oxygen atoms in total. The maximum atomic E-state index is 13.4. The molecular formula is C25H30ClN3O5S. The fourth-order valence-electron chi connectivity index (χ4n) is 3.94. The monoisotopic (exact) mass is 519 g/mol. The first-order valence-corrected chi connectivity index (χ1v) is 13.4. The fourth-order valence-corrected chi connectivity index (χ4v) is 5.64. The first-order valence-electron chi connectivity index (χ1n) is 11.6. The molecule has 0 saturated carbocycles. The van der Waals surface area contributed by atoms with Gasteiger partial charge in [0.05, 0.1) is 5.56 Å². The van der Waals surface area contributed by atoms with Crippen LogP contribution in [-0.2, 0) is 26.2 Å². The maximum Gasteiger partial charge on any atom is 0.269 e. The van der Waals surface area contributed by atoms with Gasteiger partial charge in [-0.15, -0.1) is 0 Å². The molecule has 3 rings (SSSR count). The SMILES string of the molecule is CC[C@@H](C)NC(=O)[C@@H](CC)N(Cc1ccc(Cl)cc1)C(=O)CCN1C(=O)c2ccccc2S1(=O)=O. The van der Waals surface area contributed by atoms with Crippen molar-refractivity contribution in [3.05, 3.63) is 64.7 Å². The van der Waals surface area contributed by atoms with Gasteiger partial charge in [0, 0.05) is 30.6 Å². The number of fused-ring (bicyclic) bond motifs is 1. The summed E-state index contributed by atoms with van der Waals surface area (Å²) in [4.78, 5) is 40.5. The Kier molecular flexibility index (Phi) is 8.56. The minimum atomic E-state index is -4.02. The molecule has 0 aromatic heterocycles. The van der Waals surface area contributed by atoms with Crippen molar-refractivity contribution in [1.82, 2.24) is 14.5 Å². The molecule has 1 heterocycles. The molecule has 1 aliphatic heterocycles. The highest BCUT2D eigenvalue weighted by atomic mass is 35.5. The van der Waals surface area contributed by atoms with E-state index in [1.165, 1.54) is 17.0 Å². The van der Waals surface area contributed by atoms with Gasteiger partial charge in [0.25, 0.3) is 15.9 Å². The van der Waals surface area contributed by atoms with Crippen LogP contribution in [0.3, 0.4) is 0 Å². The van der Waals surface area contributed by atoms with Gasteiger partial charge in [-0.05, 0) is 49.6 Å². The van der Waals surface area contributed by atoms with Crippen LogP contribution < -0.4 is 5.32 Å². The van der Waals surface area contributed by atoms with Crippen molar-refractivity contribution in [3.8, 4) is 0 Å². The number of sulfonamides is 1. The van der Waals surface area contributed by atoms with Gasteiger partial charge in [-0.1, -0.05) is 49.7 Å². The molecule has 0 bridgehead atoms. The van der Waals surface area contributed by atoms with E-state index in [-0.39, 0.29) is 41.9 Å². The Labute approximate surface area is 211 Å². The fraction of sp³-hybridized carbons (Fsp3) is 0.400. The summed E-state index contributed by atoms with van der Waals surface area (Å²) in [5.74, 6) is -1.36. The second-order valence-corrected chi connectivity index (χ2v) is 10.8. The number of rotatable bonds is 10. The van der Waals surface area contributed by atoms with E-state index < -0.39 is 27.9 Å². The first kappa shape index (κ1) is 26.7. The number of carbonyl (C=O) groups is 3. The van der Waals surface area contributed by atoms with Gasteiger partial charge in [0.15, 0.2) is 0 Å². The van der Waals surface area contributed by atoms with Crippen LogP contribution in [0.15, 0.2) is 53.4 Å². The lowest BCUT2D eigenvalue weighted by atomic mass is 10.1. The Balaban J connectivity index is 1.82. The minimum absolute atomic E-state index is 0.0603. The van der Waals surface area contributed by atoms with Gasteiger partial charge in [0.1, 0.15) is 10.9 Å². The van der Waals surface area contributed by atoms with Crippen LogP contribution >= 0.6 is 11.6 Å². The van der Waals surface area contributed by atoms with Crippen molar-refractivity contribution in [2.24, 2.45) is 0 Å². The molecular weight excluding hydrogens is 490 g/mol. The smallest absolute Gasteiger partial charge is 0.269 e. The Morgan fingerprint density at radius 3 is 2.31 bits per heavy atom. The molecule has 2 aromatic carbocycles. The van der Waals surface area contributed by atoms with Crippen molar-refractivity contribution in [3.63, 3.8) is 0 Å². The largest absolute Gasteiger partial charge is 0.352 e. The van der Waals surface area contributed by atoms with Gasteiger partial charge in [-0.25, -0.2) is 12.7 Å². The van der Waals surface area contributed by atoms with Crippen LogP contribution in [0.2, 0.25) is 5.02 Å². The number of amides is 3. The van der Waals surface area contributed by atoms with E-state index in [9.17, 15) is 22.8 Å². The van der Waals surface area contributed by atoms with E-state index in [1.54, 1.807) is 36.4 Å². The van der Waals surface area contributed by atoms with Gasteiger partial charge >= 0.3 is 0 Å². The summed E-state index contributed by atoms with van der Waals surface area (Å²) in [5, 5.41) is 3.47. The van der Waals surface area contributed by atoms with E-state index in [2.05, 4.69) is 5.32 Å². The molecule has 0 spiro atoms. The molecule has 188 valence electrons. The lowest BCUT2D eigenvalue weighted by Crippen LogP contribution is -2.51. The van der Waals surface area contributed by atoms with E-state index in [4.69, 9.17) is 11.6 Å². The zero-order valence-corrected chi connectivity index (χ0v) is 21.6. The summed E-state index contributed by atoms with van der Waals surface area (Å²) in [6.07, 6.45) is 0.858. The molecule has 0 unspecified atom stereocenters. The highest BCUT2D eigenvalue weighted by Crippen LogP contribution is 2.30. The van der Waals surface area contributed by atoms with Crippen LogP contribution in [0.25, 0.3) is 0 Å². The zero-order chi connectivity index (χ0) is 25.8. The molecule has 10 heteroatoms. The molecule has 2 atom stereocenters. The number of hydrogen-bond acceptors (Lipinski definition) is 5. The van der Waals surface area contributed by atoms with Crippen molar-refractivity contribution >= 4 is 39.3 Å². The summed E-state index contributed by atoms with van der Waals surface area (Å²) in [7, 11) is -4.02. The second kappa shape index (κ2) is 11.2. The van der Waals surface area contributed by atoms with Crippen molar-refractivity contribution < 1.29 is 22.8 Å². The summed E-state index contributed by atoms with van der Waals surface area (Å²) in [6.45, 7) is 5.48. The number of benzene rings is 2. The summed E-state index contributed by atoms with van der Waals surface area (Å²) < 4.78 is 26.4. The normalized spacial score (nSPS) is 15.9. The molecule has 35 heavy (non-hydrogen) atoms. The highest BCUT2D eigenvalue weighted by molar-refractivity contribution is 7.90. The summed E-state index contributed by atoms with van der Waals surface area (Å²) >= 11 is 5.99. The Morgan fingerprint density at radius 1 is 1.06 bits per heavy atom. The molecule has 2 aromatic rings. The van der Waals surface area contributed by atoms with Crippen LogP contribution in [0, 0.1) is 0 Å². The lowest BCUT2D eigenvalue weighted by molar-refractivity contribution is -0.141. The van der Waals surface area contributed by atoms with Crippen LogP contribution in [0.1, 0.15) is 56.0 Å². The van der Waals surface area contributed by atoms with Crippen LogP contribution in [0.5, 0.6) is 0 Å². The van der Waals surface area contributed by atoms with E-state index in [0.29, 0.717) is 11.4 Å². The van der Waals surface area contributed by atoms with Crippen molar-refractivity contribution in [1.29, 1.82) is 0 Å². The average molecular weight is 520 g/mol. The number of halogens is 1. The van der Waals surface area contributed by atoms with Crippen LogP contribution in [-0.4, -0.2) is 54.0 Å². The average Bonchev–Trinajstić information content (AvgIpc) is 3.03. The standard InChI is InChI=1S/C25H30ClN3O5S/c1-4-17(3)27-24(31)21(5-2)28(16-18-10-12-19(26)13-11-18)23(30)14-15-29-25(32)20-8-6-7-9-22(20)35(29,33)34/h6-13,17,21H,4-5,14-16H2,1-3H3,(H,27,31)/t17-,21-/m1/s1. The van der Waals surface area contributed by atoms with Gasteiger partial charge in [-0.3, -0.25) is 14.4 Å². The molecule has 1 N–H and O–H groups in total. The Morgan fingerprint density at radius 2 is 1.71 bits per heavy atom. The molecule has 1 aliphatic rings. The van der Waals surface area contributed by atoms with Crippen LogP contribution in [0.4, 0.5) is 0 Å². The van der Waals surface area contributed by atoms with E-state index >= 15 is 0 Å². The van der Waals surface area contributed by atoms with E-state index in [1.807, 2.05) is 20.8 Å². The van der Waals surface area contributed by atoms with Gasteiger partial charge in [-0.2, -0.15) is 0 Å². The number of carbonyl (C=O) groups excluding carboxylic acids is 3. The number of nitrogens with one attached hydrogen (secondary N) is 1. The number of hydrogen-bond donors (Lipinski definition) is 1. The quantitative estimate of drug-likeness (QED) is 0.516. The summed E-state index contributed by atoms with van der Waals surface area (Å²) in [5.41, 5.74) is 0.868. The molecule has 0 aliphatic carbocycles. The third kappa shape index (κ3) is 5.85. The topological polar surface area (TPSA) is 104 Å². The molecule has 0 fully saturated rings. The second-order valence-electron chi connectivity index (χ2n) is 8.52. The predicted molar refractivity (Wildman–Crippen MR) is 133 cm³/mol. The lowest BCUT2D eigenvalue weighted by Gasteiger charge is -2.32. The number of nitrogens with zero attached hydrogens (tertiary/aromatic N) is 2. The summed E-state index contributed by atoms with van der Waals surface area (Å²) in [6, 6.07) is 12.1. The zero-order valence-electron chi connectivity index (χ0n) is 20.0. The predicted octanol–water partition coefficient (Wildman–Crippen LogP) is 3.60. The third-order valence-corrected chi connectivity index (χ3v) is 8.19. The minimum Gasteiger partial charge on any atom is -0.352 e. The first-order chi connectivity index (χ1) is 16.6. The highest BCUT2D eigenvalue weighted by Gasteiger charge is 2.41. The third-order valence-electron chi connectivity index (χ3n) is 6.09. The molecule has 0 saturated heterocycles. The Hall–Kier alpha value is -2.91. The van der Waals surface area contributed by atoms with E-state index in [0.717, 1.165) is 16.3 Å². The van der Waals surface area contributed by atoms with Crippen molar-refractivity contribution in [2.75, 3.05) is 6.54 Å². The van der Waals surface area contributed by atoms with Gasteiger partial charge < -0.3 is 10.2 Å². The Bertz CT molecular complexity index is 1200. The maximum absolute atomic E-state index is 13.4. The van der Waals surface area contributed by atoms with Gasteiger partial charge in [0.2, 0.25) is 11.8 Å². The van der Waals surface area contributed by atoms with Crippen molar-refractivity contribution in [2.45, 2.75) is 63.6 Å².